The highest BCUT2D eigenvalue weighted by Gasteiger charge is 2.06. The first-order chi connectivity index (χ1) is 12.6. The van der Waals surface area contributed by atoms with Gasteiger partial charge in [0.25, 0.3) is 5.76 Å². The first-order valence-electron chi connectivity index (χ1n) is 7.87. The zero-order chi connectivity index (χ0) is 18.8. The summed E-state index contributed by atoms with van der Waals surface area (Å²) in [6.45, 7) is 1.35. The maximum atomic E-state index is 12.3. The van der Waals surface area contributed by atoms with Gasteiger partial charge in [0.05, 0.1) is 6.61 Å². The Morgan fingerprint density at radius 3 is 2.38 bits per heavy atom. The number of hydrogen-bond acceptors (Lipinski definition) is 4. The number of rotatable bonds is 9. The highest BCUT2D eigenvalue weighted by molar-refractivity contribution is 7.99. The Bertz CT molecular complexity index is 682. The van der Waals surface area contributed by atoms with Crippen LogP contribution in [0.15, 0.2) is 53.4 Å². The van der Waals surface area contributed by atoms with Gasteiger partial charge in [-0.05, 0) is 42.0 Å². The summed E-state index contributed by atoms with van der Waals surface area (Å²) >= 11 is 0.462. The Kier molecular flexibility index (Phi) is 8.17. The zero-order valence-electron chi connectivity index (χ0n) is 14.2. The number of ether oxygens (including phenoxy) is 2. The van der Waals surface area contributed by atoms with Gasteiger partial charge in [0.15, 0.2) is 0 Å². The largest absolute Gasteiger partial charge is 0.491 e. The molecule has 0 bridgehead atoms. The van der Waals surface area contributed by atoms with E-state index in [0.29, 0.717) is 42.1 Å². The number of methoxy groups -OCH3 is 1. The summed E-state index contributed by atoms with van der Waals surface area (Å²) in [5.41, 5.74) is 1.45. The molecule has 0 saturated heterocycles. The minimum atomic E-state index is -2.46. The molecule has 8 heteroatoms. The average Bonchev–Trinajstić information content (AvgIpc) is 2.62. The van der Waals surface area contributed by atoms with E-state index in [-0.39, 0.29) is 6.03 Å². The first-order valence-corrected chi connectivity index (χ1v) is 8.75. The summed E-state index contributed by atoms with van der Waals surface area (Å²) < 4.78 is 34.9. The van der Waals surface area contributed by atoms with Gasteiger partial charge in [-0.3, -0.25) is 0 Å². The molecule has 0 aliphatic heterocycles. The van der Waals surface area contributed by atoms with Gasteiger partial charge in [-0.1, -0.05) is 23.9 Å². The summed E-state index contributed by atoms with van der Waals surface area (Å²) in [5.74, 6) is -1.73. The maximum Gasteiger partial charge on any atom is 0.319 e. The fraction of sp³-hybridized carbons (Fsp3) is 0.278. The third-order valence-corrected chi connectivity index (χ3v) is 3.99. The Hall–Kier alpha value is -2.32. The molecule has 0 unspecified atom stereocenters. The van der Waals surface area contributed by atoms with E-state index in [1.54, 1.807) is 19.2 Å². The zero-order valence-corrected chi connectivity index (χ0v) is 15.0. The highest BCUT2D eigenvalue weighted by Crippen LogP contribution is 2.26. The van der Waals surface area contributed by atoms with Crippen molar-refractivity contribution in [3.63, 3.8) is 0 Å². The molecule has 2 aromatic rings. The quantitative estimate of drug-likeness (QED) is 0.500. The molecule has 0 heterocycles. The minimum Gasteiger partial charge on any atom is -0.491 e. The minimum absolute atomic E-state index is 0.351. The van der Waals surface area contributed by atoms with E-state index in [9.17, 15) is 13.6 Å². The van der Waals surface area contributed by atoms with E-state index in [4.69, 9.17) is 9.47 Å². The lowest BCUT2D eigenvalue weighted by atomic mass is 10.2. The molecule has 0 aliphatic carbocycles. The van der Waals surface area contributed by atoms with E-state index in [0.717, 1.165) is 11.3 Å². The van der Waals surface area contributed by atoms with Crippen molar-refractivity contribution in [3.8, 4) is 5.75 Å². The molecular weight excluding hydrogens is 362 g/mol. The van der Waals surface area contributed by atoms with Crippen molar-refractivity contribution in [1.82, 2.24) is 5.32 Å². The molecule has 0 aliphatic rings. The SMILES string of the molecule is COCCOc1ccc(CNC(=O)Nc2ccc(SC(F)F)cc2)cc1. The van der Waals surface area contributed by atoms with Crippen LogP contribution in [0, 0.1) is 0 Å². The number of halogens is 2. The summed E-state index contributed by atoms with van der Waals surface area (Å²) in [6, 6.07) is 13.2. The number of hydrogen-bond donors (Lipinski definition) is 2. The Labute approximate surface area is 155 Å². The van der Waals surface area contributed by atoms with Crippen molar-refractivity contribution < 1.29 is 23.0 Å². The summed E-state index contributed by atoms with van der Waals surface area (Å²) in [7, 11) is 1.61. The Morgan fingerprint density at radius 1 is 1.08 bits per heavy atom. The van der Waals surface area contributed by atoms with Crippen LogP contribution in [0.25, 0.3) is 0 Å². The molecule has 5 nitrogen and oxygen atoms in total. The van der Waals surface area contributed by atoms with Crippen molar-refractivity contribution in [1.29, 1.82) is 0 Å². The van der Waals surface area contributed by atoms with Crippen LogP contribution in [-0.4, -0.2) is 32.1 Å². The van der Waals surface area contributed by atoms with Crippen molar-refractivity contribution in [2.24, 2.45) is 0 Å². The molecule has 0 fully saturated rings. The van der Waals surface area contributed by atoms with Gasteiger partial charge in [-0.2, -0.15) is 8.78 Å². The second-order valence-corrected chi connectivity index (χ2v) is 6.26. The number of benzene rings is 2. The standard InChI is InChI=1S/C18H20F2N2O3S/c1-24-10-11-25-15-6-2-13(3-7-15)12-21-18(23)22-14-4-8-16(9-5-14)26-17(19)20/h2-9,17H,10-12H2,1H3,(H2,21,22,23). The monoisotopic (exact) mass is 382 g/mol. The molecule has 0 radical (unpaired) electrons. The Balaban J connectivity index is 1.75. The van der Waals surface area contributed by atoms with Crippen LogP contribution in [0.2, 0.25) is 0 Å². The number of carbonyl (C=O) groups is 1. The van der Waals surface area contributed by atoms with E-state index < -0.39 is 5.76 Å². The van der Waals surface area contributed by atoms with Gasteiger partial charge >= 0.3 is 6.03 Å². The second-order valence-electron chi connectivity index (χ2n) is 5.20. The van der Waals surface area contributed by atoms with E-state index in [2.05, 4.69) is 10.6 Å². The molecule has 0 spiro atoms. The number of anilines is 1. The van der Waals surface area contributed by atoms with Gasteiger partial charge in [0.2, 0.25) is 0 Å². The fourth-order valence-corrected chi connectivity index (χ4v) is 2.52. The highest BCUT2D eigenvalue weighted by atomic mass is 32.2. The lowest BCUT2D eigenvalue weighted by Crippen LogP contribution is -2.28. The normalized spacial score (nSPS) is 10.6. The van der Waals surface area contributed by atoms with Gasteiger partial charge in [-0.25, -0.2) is 4.79 Å². The molecule has 2 N–H and O–H groups in total. The fourth-order valence-electron chi connectivity index (χ4n) is 2.02. The number of urea groups is 1. The van der Waals surface area contributed by atoms with Crippen LogP contribution < -0.4 is 15.4 Å². The van der Waals surface area contributed by atoms with Crippen LogP contribution in [0.1, 0.15) is 5.56 Å². The van der Waals surface area contributed by atoms with Gasteiger partial charge in [-0.15, -0.1) is 0 Å². The lowest BCUT2D eigenvalue weighted by molar-refractivity contribution is 0.146. The van der Waals surface area contributed by atoms with Crippen LogP contribution in [0.5, 0.6) is 5.75 Å². The van der Waals surface area contributed by atoms with Gasteiger partial charge in [0.1, 0.15) is 12.4 Å². The summed E-state index contributed by atoms with van der Waals surface area (Å²) in [6.07, 6.45) is 0. The number of thioether (sulfide) groups is 1. The molecule has 140 valence electrons. The number of carbonyl (C=O) groups excluding carboxylic acids is 1. The predicted octanol–water partition coefficient (Wildman–Crippen LogP) is 4.35. The molecular formula is C18H20F2N2O3S. The smallest absolute Gasteiger partial charge is 0.319 e. The van der Waals surface area contributed by atoms with E-state index in [1.165, 1.54) is 12.1 Å². The molecule has 2 aromatic carbocycles. The molecule has 26 heavy (non-hydrogen) atoms. The van der Waals surface area contributed by atoms with Crippen LogP contribution in [0.3, 0.4) is 0 Å². The number of nitrogens with one attached hydrogen (secondary N) is 2. The third-order valence-electron chi connectivity index (χ3n) is 3.27. The molecule has 2 rings (SSSR count). The molecule has 0 aromatic heterocycles. The van der Waals surface area contributed by atoms with Gasteiger partial charge < -0.3 is 20.1 Å². The van der Waals surface area contributed by atoms with Crippen LogP contribution in [-0.2, 0) is 11.3 Å². The Morgan fingerprint density at radius 2 is 1.77 bits per heavy atom. The lowest BCUT2D eigenvalue weighted by Gasteiger charge is -2.09. The predicted molar refractivity (Wildman–Crippen MR) is 98.0 cm³/mol. The summed E-state index contributed by atoms with van der Waals surface area (Å²) in [5, 5.41) is 5.38. The molecule has 0 saturated carbocycles. The van der Waals surface area contributed by atoms with Crippen molar-refractivity contribution >= 4 is 23.5 Å². The van der Waals surface area contributed by atoms with Crippen molar-refractivity contribution in [3.05, 3.63) is 54.1 Å². The molecule has 0 atom stereocenters. The second kappa shape index (κ2) is 10.6. The van der Waals surface area contributed by atoms with Crippen molar-refractivity contribution in [2.45, 2.75) is 17.2 Å². The van der Waals surface area contributed by atoms with E-state index >= 15 is 0 Å². The van der Waals surface area contributed by atoms with Gasteiger partial charge in [0, 0.05) is 24.2 Å². The average molecular weight is 382 g/mol. The summed E-state index contributed by atoms with van der Waals surface area (Å²) in [4.78, 5) is 12.3. The number of amides is 2. The van der Waals surface area contributed by atoms with Crippen LogP contribution in [0.4, 0.5) is 19.3 Å². The van der Waals surface area contributed by atoms with Crippen molar-refractivity contribution in [2.75, 3.05) is 25.6 Å². The third kappa shape index (κ3) is 7.28. The number of alkyl halides is 2. The van der Waals surface area contributed by atoms with E-state index in [1.807, 2.05) is 24.3 Å². The maximum absolute atomic E-state index is 12.3. The molecule has 2 amide bonds. The van der Waals surface area contributed by atoms with Crippen LogP contribution >= 0.6 is 11.8 Å². The first kappa shape index (κ1) is 20.0. The topological polar surface area (TPSA) is 59.6 Å².